The number of hydrogen-bond donors (Lipinski definition) is 0. The van der Waals surface area contributed by atoms with Crippen molar-refractivity contribution in [1.82, 2.24) is 0 Å². The molecule has 9 heteroatoms. The Labute approximate surface area is 177 Å². The van der Waals surface area contributed by atoms with Crippen molar-refractivity contribution in [2.75, 3.05) is 0 Å². The first kappa shape index (κ1) is 36.8. The van der Waals surface area contributed by atoms with Crippen molar-refractivity contribution in [2.45, 2.75) is 80.4 Å². The molecule has 0 saturated carbocycles. The summed E-state index contributed by atoms with van der Waals surface area (Å²) in [5.74, 6) is -5.04. The molecule has 0 aromatic heterocycles. The van der Waals surface area contributed by atoms with Gasteiger partial charge in [-0.2, -0.15) is 0 Å². The molecule has 0 amide bonds. The number of carboxylic acids is 2. The van der Waals surface area contributed by atoms with Crippen LogP contribution in [0.2, 0.25) is 0 Å². The third kappa shape index (κ3) is 36.6. The molecule has 0 aliphatic heterocycles. The first-order valence-electron chi connectivity index (χ1n) is 8.39. The van der Waals surface area contributed by atoms with Crippen LogP contribution < -0.4 is 20.4 Å². The van der Waals surface area contributed by atoms with Gasteiger partial charge < -0.3 is 30.0 Å². The zero-order valence-corrected chi connectivity index (χ0v) is 19.1. The van der Waals surface area contributed by atoms with Crippen molar-refractivity contribution in [3.05, 3.63) is 0 Å². The summed E-state index contributed by atoms with van der Waals surface area (Å²) in [6.07, 6.45) is -0.199. The predicted octanol–water partition coefficient (Wildman–Crippen LogP) is -1.79. The number of carboxylic acid groups (broad SMARTS) is 2. The van der Waals surface area contributed by atoms with E-state index in [1.54, 1.807) is 41.5 Å². The Morgan fingerprint density at radius 2 is 0.815 bits per heavy atom. The van der Waals surface area contributed by atoms with Crippen LogP contribution in [-0.4, -0.2) is 35.7 Å². The topological polar surface area (TPSA) is 161 Å². The number of carbonyl (C=O) groups excluding carboxylic acids is 4. The molecule has 0 aliphatic carbocycles. The van der Waals surface area contributed by atoms with Gasteiger partial charge >= 0.3 is 21.7 Å². The molecule has 0 N–H and O–H groups in total. The van der Waals surface area contributed by atoms with Crippen LogP contribution in [0.4, 0.5) is 0 Å². The number of hydrogen-bond acceptors (Lipinski definition) is 8. The van der Waals surface area contributed by atoms with Gasteiger partial charge in [0.1, 0.15) is 11.6 Å². The Bertz CT molecular complexity index is 337. The summed E-state index contributed by atoms with van der Waals surface area (Å²) in [6.45, 7) is 12.2. The van der Waals surface area contributed by atoms with Gasteiger partial charge in [-0.1, -0.05) is 41.5 Å². The second-order valence-electron chi connectivity index (χ2n) is 5.88. The molecule has 156 valence electrons. The van der Waals surface area contributed by atoms with E-state index in [0.29, 0.717) is 12.8 Å². The van der Waals surface area contributed by atoms with Crippen molar-refractivity contribution in [3.8, 4) is 0 Å². The minimum atomic E-state index is -1.27. The number of Topliss-reactive ketones (excluding diaryl/α,β-unsaturated/α-hetero) is 2. The monoisotopic (exact) mass is 424 g/mol. The van der Waals surface area contributed by atoms with Crippen molar-refractivity contribution >= 4 is 23.5 Å². The van der Waals surface area contributed by atoms with E-state index in [2.05, 4.69) is 0 Å². The predicted molar refractivity (Wildman–Crippen MR) is 89.2 cm³/mol. The largest absolute Gasteiger partial charge is 4.00 e. The number of carbonyl (C=O) groups is 4. The van der Waals surface area contributed by atoms with Gasteiger partial charge in [0, 0.05) is 0 Å². The number of rotatable bonds is 6. The van der Waals surface area contributed by atoms with E-state index >= 15 is 0 Å². The molecular weight excluding hydrogens is 392 g/mol. The van der Waals surface area contributed by atoms with Gasteiger partial charge in [-0.05, 0) is 26.7 Å². The van der Waals surface area contributed by atoms with E-state index in [1.165, 1.54) is 13.8 Å². The first-order chi connectivity index (χ1) is 11.6. The van der Waals surface area contributed by atoms with E-state index in [1.807, 2.05) is 0 Å². The molecule has 27 heavy (non-hydrogen) atoms. The van der Waals surface area contributed by atoms with Crippen LogP contribution in [0.1, 0.15) is 68.2 Å². The molecule has 2 unspecified atom stereocenters. The Morgan fingerprint density at radius 3 is 0.815 bits per heavy atom. The molecule has 0 spiro atoms. The molecule has 8 nitrogen and oxygen atoms in total. The minimum Gasteiger partial charge on any atom is -0.852 e. The molecule has 0 aromatic carbocycles. The maximum absolute atomic E-state index is 10.4. The van der Waals surface area contributed by atoms with Crippen LogP contribution in [-0.2, 0) is 40.9 Å². The first-order valence-corrected chi connectivity index (χ1v) is 8.39. The van der Waals surface area contributed by atoms with Gasteiger partial charge in [-0.15, -0.1) is 12.2 Å². The Balaban J connectivity index is -0.0000000843. The smallest absolute Gasteiger partial charge is 0.852 e. The van der Waals surface area contributed by atoms with Crippen LogP contribution in [0, 0.1) is 11.8 Å². The van der Waals surface area contributed by atoms with Crippen LogP contribution in [0.25, 0.3) is 0 Å². The van der Waals surface area contributed by atoms with Gasteiger partial charge in [-0.25, -0.2) is 0 Å². The SMILES string of the molecule is CC(C)[O-].CC(C)[O-].CCC(C(C)=O)C(=O)[O-].CCC(C(C)=O)C(=O)[O-].[Ti+4]. The summed E-state index contributed by atoms with van der Waals surface area (Å²) in [6, 6.07) is 0. The average Bonchev–Trinajstić information content (AvgIpc) is 2.37. The third-order valence-corrected chi connectivity index (χ3v) is 2.37. The summed E-state index contributed by atoms with van der Waals surface area (Å²) < 4.78 is 0. The molecule has 2 atom stereocenters. The summed E-state index contributed by atoms with van der Waals surface area (Å²) in [5, 5.41) is 39.1. The van der Waals surface area contributed by atoms with E-state index < -0.39 is 36.0 Å². The van der Waals surface area contributed by atoms with Gasteiger partial charge in [0.2, 0.25) is 0 Å². The molecule has 0 radical (unpaired) electrons. The minimum absolute atomic E-state index is 0. The van der Waals surface area contributed by atoms with Gasteiger partial charge in [0.25, 0.3) is 0 Å². The fraction of sp³-hybridized carbons (Fsp3) is 0.778. The zero-order chi connectivity index (χ0) is 22.0. The molecule has 0 aromatic rings. The average molecular weight is 424 g/mol. The van der Waals surface area contributed by atoms with Crippen molar-refractivity contribution in [3.63, 3.8) is 0 Å². The Morgan fingerprint density at radius 1 is 0.667 bits per heavy atom. The molecule has 0 rings (SSSR count). The summed E-state index contributed by atoms with van der Waals surface area (Å²) in [4.78, 5) is 40.9. The molecule has 0 bridgehead atoms. The maximum atomic E-state index is 10.4. The summed E-state index contributed by atoms with van der Waals surface area (Å²) in [5.41, 5.74) is 0. The van der Waals surface area contributed by atoms with Crippen LogP contribution in [0.5, 0.6) is 0 Å². The van der Waals surface area contributed by atoms with Crippen LogP contribution in [0.15, 0.2) is 0 Å². The molecule has 0 aliphatic rings. The number of aliphatic carboxylic acids is 2. The fourth-order valence-corrected chi connectivity index (χ4v) is 1.24. The Hall–Kier alpha value is -1.09. The van der Waals surface area contributed by atoms with E-state index in [0.717, 1.165) is 0 Å². The van der Waals surface area contributed by atoms with Gasteiger partial charge in [-0.3, -0.25) is 9.59 Å². The number of ketones is 2. The third-order valence-electron chi connectivity index (χ3n) is 2.37. The van der Waals surface area contributed by atoms with Crippen molar-refractivity contribution < 1.29 is 61.3 Å². The van der Waals surface area contributed by atoms with Gasteiger partial charge in [0.15, 0.2) is 0 Å². The van der Waals surface area contributed by atoms with Crippen LogP contribution in [0.3, 0.4) is 0 Å². The molecule has 0 fully saturated rings. The van der Waals surface area contributed by atoms with E-state index in [-0.39, 0.29) is 33.3 Å². The fourth-order valence-electron chi connectivity index (χ4n) is 1.24. The van der Waals surface area contributed by atoms with Crippen molar-refractivity contribution in [1.29, 1.82) is 0 Å². The summed E-state index contributed by atoms with van der Waals surface area (Å²) >= 11 is 0. The van der Waals surface area contributed by atoms with E-state index in [4.69, 9.17) is 0 Å². The van der Waals surface area contributed by atoms with E-state index in [9.17, 15) is 39.6 Å². The van der Waals surface area contributed by atoms with Crippen LogP contribution >= 0.6 is 0 Å². The van der Waals surface area contributed by atoms with Crippen molar-refractivity contribution in [2.24, 2.45) is 11.8 Å². The standard InChI is InChI=1S/2C6H10O3.2C3H7O.Ti/c2*1-3-5(4(2)7)6(8)9;2*1-3(2)4;/h2*5H,3H2,1-2H3,(H,8,9);2*3H,1-2H3;/q;;2*-1;+4/p-2. The normalized spacial score (nSPS) is 11.1. The second kappa shape index (κ2) is 23.0. The van der Waals surface area contributed by atoms with Gasteiger partial charge in [0.05, 0.1) is 23.8 Å². The Kier molecular flexibility index (Phi) is 31.3. The quantitative estimate of drug-likeness (QED) is 0.357. The molecular formula is C18H32O8Ti. The molecule has 0 heterocycles. The maximum Gasteiger partial charge on any atom is 4.00 e. The second-order valence-corrected chi connectivity index (χ2v) is 5.88. The summed E-state index contributed by atoms with van der Waals surface area (Å²) in [7, 11) is 0. The molecule has 0 saturated heterocycles. The zero-order valence-electron chi connectivity index (χ0n) is 17.5.